The number of piperidine rings is 1. The average Bonchev–Trinajstić information content (AvgIpc) is 2.59. The molecule has 1 aromatic carbocycles. The summed E-state index contributed by atoms with van der Waals surface area (Å²) >= 11 is 5.77. The molecule has 0 unspecified atom stereocenters. The molecule has 6 heteroatoms. The number of nitrogens with one attached hydrogen (secondary N) is 1. The quantitative estimate of drug-likeness (QED) is 0.924. The smallest absolute Gasteiger partial charge is 0.227 e. The molecule has 2 heterocycles. The van der Waals surface area contributed by atoms with Gasteiger partial charge in [0.15, 0.2) is 11.0 Å². The number of hydrogen-bond donors (Lipinski definition) is 1. The number of hydrogen-bond acceptors (Lipinski definition) is 4. The molecular formula is C18H21ClN4O. The van der Waals surface area contributed by atoms with E-state index in [-0.39, 0.29) is 11.8 Å². The van der Waals surface area contributed by atoms with Crippen molar-refractivity contribution in [3.8, 4) is 0 Å². The van der Waals surface area contributed by atoms with Crippen LogP contribution in [0.25, 0.3) is 0 Å². The van der Waals surface area contributed by atoms with E-state index in [1.54, 1.807) is 6.07 Å². The van der Waals surface area contributed by atoms with Crippen LogP contribution in [0, 0.1) is 19.8 Å². The summed E-state index contributed by atoms with van der Waals surface area (Å²) in [6.45, 7) is 5.62. The van der Waals surface area contributed by atoms with Gasteiger partial charge in [0.1, 0.15) is 0 Å². The summed E-state index contributed by atoms with van der Waals surface area (Å²) in [5.74, 6) is 0.944. The Morgan fingerprint density at radius 2 is 1.92 bits per heavy atom. The van der Waals surface area contributed by atoms with Crippen molar-refractivity contribution in [3.05, 3.63) is 46.6 Å². The third-order valence-electron chi connectivity index (χ3n) is 4.46. The van der Waals surface area contributed by atoms with E-state index in [4.69, 9.17) is 11.6 Å². The lowest BCUT2D eigenvalue weighted by Gasteiger charge is -2.31. The maximum absolute atomic E-state index is 12.5. The summed E-state index contributed by atoms with van der Waals surface area (Å²) in [5.41, 5.74) is 3.14. The standard InChI is InChI=1S/C18H21ClN4O/c1-12-3-4-13(2)15(11-12)20-18(24)14-7-9-23(10-8-14)17-6-5-16(19)21-22-17/h3-6,11,14H,7-10H2,1-2H3,(H,20,24). The van der Waals surface area contributed by atoms with Gasteiger partial charge in [0, 0.05) is 24.7 Å². The summed E-state index contributed by atoms with van der Waals surface area (Å²) in [6.07, 6.45) is 1.61. The van der Waals surface area contributed by atoms with Crippen LogP contribution in [-0.2, 0) is 4.79 Å². The molecule has 0 aliphatic carbocycles. The van der Waals surface area contributed by atoms with Crippen molar-refractivity contribution >= 4 is 29.0 Å². The minimum absolute atomic E-state index is 0.0291. The molecule has 2 aromatic rings. The number of benzene rings is 1. The topological polar surface area (TPSA) is 58.1 Å². The van der Waals surface area contributed by atoms with E-state index in [0.29, 0.717) is 5.15 Å². The lowest BCUT2D eigenvalue weighted by Crippen LogP contribution is -2.38. The summed E-state index contributed by atoms with van der Waals surface area (Å²) in [7, 11) is 0. The minimum Gasteiger partial charge on any atom is -0.355 e. The van der Waals surface area contributed by atoms with Crippen LogP contribution in [0.2, 0.25) is 5.15 Å². The first kappa shape index (κ1) is 16.7. The number of carbonyl (C=O) groups excluding carboxylic acids is 1. The van der Waals surface area contributed by atoms with Gasteiger partial charge in [0.05, 0.1) is 0 Å². The van der Waals surface area contributed by atoms with E-state index < -0.39 is 0 Å². The highest BCUT2D eigenvalue weighted by molar-refractivity contribution is 6.29. The van der Waals surface area contributed by atoms with Gasteiger partial charge in [-0.25, -0.2) is 0 Å². The fourth-order valence-corrected chi connectivity index (χ4v) is 3.05. The zero-order valence-electron chi connectivity index (χ0n) is 13.9. The maximum Gasteiger partial charge on any atom is 0.227 e. The highest BCUT2D eigenvalue weighted by atomic mass is 35.5. The Hall–Kier alpha value is -2.14. The SMILES string of the molecule is Cc1ccc(C)c(NC(=O)C2CCN(c3ccc(Cl)nn3)CC2)c1. The van der Waals surface area contributed by atoms with Crippen LogP contribution in [0.15, 0.2) is 30.3 Å². The average molecular weight is 345 g/mol. The molecule has 1 aromatic heterocycles. The van der Waals surface area contributed by atoms with Crippen LogP contribution in [0.1, 0.15) is 24.0 Å². The second-order valence-corrected chi connectivity index (χ2v) is 6.67. The molecule has 0 atom stereocenters. The van der Waals surface area contributed by atoms with Gasteiger partial charge in [-0.15, -0.1) is 10.2 Å². The maximum atomic E-state index is 12.5. The van der Waals surface area contributed by atoms with Gasteiger partial charge in [-0.1, -0.05) is 23.7 Å². The van der Waals surface area contributed by atoms with Crippen LogP contribution in [-0.4, -0.2) is 29.2 Å². The predicted octanol–water partition coefficient (Wildman–Crippen LogP) is 3.60. The summed E-state index contributed by atoms with van der Waals surface area (Å²) in [6, 6.07) is 9.71. The lowest BCUT2D eigenvalue weighted by atomic mass is 9.95. The van der Waals surface area contributed by atoms with Crippen molar-refractivity contribution in [2.24, 2.45) is 5.92 Å². The Kier molecular flexibility index (Phi) is 5.00. The number of aryl methyl sites for hydroxylation is 2. The molecule has 1 fully saturated rings. The number of rotatable bonds is 3. The van der Waals surface area contributed by atoms with Gasteiger partial charge < -0.3 is 10.2 Å². The largest absolute Gasteiger partial charge is 0.355 e. The number of anilines is 2. The van der Waals surface area contributed by atoms with Crippen molar-refractivity contribution in [2.75, 3.05) is 23.3 Å². The molecule has 1 aliphatic heterocycles. The van der Waals surface area contributed by atoms with E-state index in [9.17, 15) is 4.79 Å². The molecule has 0 spiro atoms. The summed E-state index contributed by atoms with van der Waals surface area (Å²) in [4.78, 5) is 14.7. The van der Waals surface area contributed by atoms with Gasteiger partial charge in [0.2, 0.25) is 5.91 Å². The van der Waals surface area contributed by atoms with Crippen molar-refractivity contribution in [1.82, 2.24) is 10.2 Å². The van der Waals surface area contributed by atoms with Crippen LogP contribution >= 0.6 is 11.6 Å². The number of amides is 1. The highest BCUT2D eigenvalue weighted by Gasteiger charge is 2.26. The molecular weight excluding hydrogens is 324 g/mol. The molecule has 1 amide bonds. The molecule has 0 radical (unpaired) electrons. The van der Waals surface area contributed by atoms with Crippen LogP contribution in [0.5, 0.6) is 0 Å². The normalized spacial score (nSPS) is 15.4. The van der Waals surface area contributed by atoms with E-state index in [1.807, 2.05) is 32.0 Å². The van der Waals surface area contributed by atoms with Gasteiger partial charge in [-0.2, -0.15) is 0 Å². The van der Waals surface area contributed by atoms with E-state index in [2.05, 4.69) is 26.5 Å². The van der Waals surface area contributed by atoms with Crippen molar-refractivity contribution in [3.63, 3.8) is 0 Å². The molecule has 126 valence electrons. The highest BCUT2D eigenvalue weighted by Crippen LogP contribution is 2.24. The molecule has 1 N–H and O–H groups in total. The van der Waals surface area contributed by atoms with Gasteiger partial charge in [0.25, 0.3) is 0 Å². The van der Waals surface area contributed by atoms with Gasteiger partial charge >= 0.3 is 0 Å². The predicted molar refractivity (Wildman–Crippen MR) is 96.5 cm³/mol. The number of carbonyl (C=O) groups is 1. The van der Waals surface area contributed by atoms with E-state index in [1.165, 1.54) is 0 Å². The molecule has 24 heavy (non-hydrogen) atoms. The summed E-state index contributed by atoms with van der Waals surface area (Å²) < 4.78 is 0. The first-order chi connectivity index (χ1) is 11.5. The minimum atomic E-state index is 0.0291. The second kappa shape index (κ2) is 7.18. The van der Waals surface area contributed by atoms with Crippen LogP contribution in [0.3, 0.4) is 0 Å². The molecule has 5 nitrogen and oxygen atoms in total. The number of nitrogens with zero attached hydrogens (tertiary/aromatic N) is 3. The van der Waals surface area contributed by atoms with Crippen LogP contribution < -0.4 is 10.2 Å². The first-order valence-electron chi connectivity index (χ1n) is 8.15. The van der Waals surface area contributed by atoms with Crippen molar-refractivity contribution < 1.29 is 4.79 Å². The Bertz CT molecular complexity index is 724. The van der Waals surface area contributed by atoms with Gasteiger partial charge in [-0.05, 0) is 56.0 Å². The van der Waals surface area contributed by atoms with Crippen molar-refractivity contribution in [1.29, 1.82) is 0 Å². The Morgan fingerprint density at radius 3 is 2.58 bits per heavy atom. The number of halogens is 1. The van der Waals surface area contributed by atoms with E-state index >= 15 is 0 Å². The summed E-state index contributed by atoms with van der Waals surface area (Å²) in [5, 5.41) is 11.5. The third-order valence-corrected chi connectivity index (χ3v) is 4.66. The number of aromatic nitrogens is 2. The van der Waals surface area contributed by atoms with Crippen molar-refractivity contribution in [2.45, 2.75) is 26.7 Å². The van der Waals surface area contributed by atoms with Gasteiger partial charge in [-0.3, -0.25) is 4.79 Å². The Balaban J connectivity index is 1.59. The molecule has 1 aliphatic rings. The monoisotopic (exact) mass is 344 g/mol. The molecule has 0 bridgehead atoms. The molecule has 1 saturated heterocycles. The second-order valence-electron chi connectivity index (χ2n) is 6.28. The fourth-order valence-electron chi connectivity index (χ4n) is 2.95. The first-order valence-corrected chi connectivity index (χ1v) is 8.53. The Morgan fingerprint density at radius 1 is 1.17 bits per heavy atom. The molecule has 0 saturated carbocycles. The van der Waals surface area contributed by atoms with E-state index in [0.717, 1.165) is 48.6 Å². The zero-order chi connectivity index (χ0) is 17.1. The fraction of sp³-hybridized carbons (Fsp3) is 0.389. The third kappa shape index (κ3) is 3.85. The Labute approximate surface area is 147 Å². The molecule has 3 rings (SSSR count). The lowest BCUT2D eigenvalue weighted by molar-refractivity contribution is -0.120. The van der Waals surface area contributed by atoms with Crippen LogP contribution in [0.4, 0.5) is 11.5 Å². The zero-order valence-corrected chi connectivity index (χ0v) is 14.7.